The molecular weight excluding hydrogens is 275 g/mol. The monoisotopic (exact) mass is 288 g/mol. The topological polar surface area (TPSA) is 35.8 Å². The Labute approximate surface area is 122 Å². The van der Waals surface area contributed by atoms with E-state index in [2.05, 4.69) is 5.32 Å². The van der Waals surface area contributed by atoms with Gasteiger partial charge in [0.15, 0.2) is 0 Å². The summed E-state index contributed by atoms with van der Waals surface area (Å²) in [6, 6.07) is 14.2. The quantitative estimate of drug-likeness (QED) is 0.915. The van der Waals surface area contributed by atoms with Gasteiger partial charge in [-0.05, 0) is 24.6 Å². The van der Waals surface area contributed by atoms with Crippen LogP contribution in [-0.2, 0) is 6.54 Å². The van der Waals surface area contributed by atoms with E-state index < -0.39 is 5.82 Å². The van der Waals surface area contributed by atoms with Crippen LogP contribution in [-0.4, -0.2) is 0 Å². The molecule has 0 spiro atoms. The van der Waals surface area contributed by atoms with E-state index in [1.807, 2.05) is 37.3 Å². The lowest BCUT2D eigenvalue weighted by Gasteiger charge is -2.16. The first-order chi connectivity index (χ1) is 9.63. The first-order valence-electron chi connectivity index (χ1n) is 6.28. The second kappa shape index (κ2) is 6.51. The number of hydrogen-bond acceptors (Lipinski definition) is 2. The van der Waals surface area contributed by atoms with Gasteiger partial charge in [-0.1, -0.05) is 41.9 Å². The molecule has 1 N–H and O–H groups in total. The van der Waals surface area contributed by atoms with Crippen LogP contribution in [0.5, 0.6) is 0 Å². The maximum Gasteiger partial charge on any atom is 0.145 e. The van der Waals surface area contributed by atoms with Crippen LogP contribution in [0.3, 0.4) is 0 Å². The molecule has 0 aliphatic heterocycles. The molecule has 20 heavy (non-hydrogen) atoms. The molecule has 0 bridgehead atoms. The number of benzene rings is 2. The first kappa shape index (κ1) is 14.5. The van der Waals surface area contributed by atoms with E-state index in [0.29, 0.717) is 17.1 Å². The van der Waals surface area contributed by atoms with Crippen LogP contribution in [0.25, 0.3) is 0 Å². The Bertz CT molecular complexity index is 649. The van der Waals surface area contributed by atoms with Gasteiger partial charge in [-0.15, -0.1) is 0 Å². The highest BCUT2D eigenvalue weighted by Crippen LogP contribution is 2.22. The third-order valence-corrected chi connectivity index (χ3v) is 3.51. The van der Waals surface area contributed by atoms with Crippen LogP contribution in [0.15, 0.2) is 42.5 Å². The summed E-state index contributed by atoms with van der Waals surface area (Å²) in [5.74, 6) is -0.464. The summed E-state index contributed by atoms with van der Waals surface area (Å²) in [5, 5.41) is 12.7. The summed E-state index contributed by atoms with van der Waals surface area (Å²) in [4.78, 5) is 0. The molecule has 0 unspecified atom stereocenters. The minimum atomic E-state index is -0.464. The average Bonchev–Trinajstić information content (AvgIpc) is 2.46. The van der Waals surface area contributed by atoms with Crippen molar-refractivity contribution in [2.24, 2.45) is 0 Å². The molecule has 2 aromatic carbocycles. The molecule has 102 valence electrons. The third-order valence-electron chi connectivity index (χ3n) is 3.17. The van der Waals surface area contributed by atoms with Crippen molar-refractivity contribution in [2.75, 3.05) is 0 Å². The predicted octanol–water partition coefficient (Wildman–Crippen LogP) is 4.20. The van der Waals surface area contributed by atoms with Crippen molar-refractivity contribution in [1.82, 2.24) is 5.32 Å². The molecule has 2 rings (SSSR count). The molecule has 0 radical (unpaired) electrons. The van der Waals surface area contributed by atoms with Crippen molar-refractivity contribution in [3.8, 4) is 6.07 Å². The highest BCUT2D eigenvalue weighted by atomic mass is 35.5. The molecular formula is C16H14ClFN2. The van der Waals surface area contributed by atoms with Gasteiger partial charge in [0.25, 0.3) is 0 Å². The van der Waals surface area contributed by atoms with Crippen LogP contribution in [0, 0.1) is 17.1 Å². The molecule has 0 amide bonds. The Morgan fingerprint density at radius 2 is 2.00 bits per heavy atom. The van der Waals surface area contributed by atoms with E-state index in [1.54, 1.807) is 12.1 Å². The number of nitriles is 1. The van der Waals surface area contributed by atoms with E-state index >= 15 is 0 Å². The van der Waals surface area contributed by atoms with Crippen LogP contribution < -0.4 is 5.32 Å². The van der Waals surface area contributed by atoms with Crippen LogP contribution in [0.2, 0.25) is 5.02 Å². The summed E-state index contributed by atoms with van der Waals surface area (Å²) in [5.41, 5.74) is 1.50. The summed E-state index contributed by atoms with van der Waals surface area (Å²) in [6.45, 7) is 2.31. The minimum Gasteiger partial charge on any atom is -0.306 e. The fraction of sp³-hybridized carbons (Fsp3) is 0.188. The van der Waals surface area contributed by atoms with Gasteiger partial charge in [0, 0.05) is 23.2 Å². The number of nitrogens with one attached hydrogen (secondary N) is 1. The predicted molar refractivity (Wildman–Crippen MR) is 77.8 cm³/mol. The molecule has 0 saturated heterocycles. The van der Waals surface area contributed by atoms with Gasteiger partial charge in [0.2, 0.25) is 0 Å². The van der Waals surface area contributed by atoms with Crippen LogP contribution in [0.4, 0.5) is 4.39 Å². The largest absolute Gasteiger partial charge is 0.306 e. The van der Waals surface area contributed by atoms with Crippen molar-refractivity contribution >= 4 is 11.6 Å². The van der Waals surface area contributed by atoms with Gasteiger partial charge in [0.05, 0.1) is 5.56 Å². The first-order valence-corrected chi connectivity index (χ1v) is 6.66. The smallest absolute Gasteiger partial charge is 0.145 e. The van der Waals surface area contributed by atoms with Crippen molar-refractivity contribution in [3.63, 3.8) is 0 Å². The standard InChI is InChI=1S/C16H14ClFN2/c1-11(14-7-2-3-8-15(14)17)20-10-13-6-4-5-12(9-19)16(13)18/h2-8,11,20H,10H2,1H3/t11-/m1/s1. The van der Waals surface area contributed by atoms with Crippen LogP contribution in [0.1, 0.15) is 29.7 Å². The molecule has 0 fully saturated rings. The van der Waals surface area contributed by atoms with E-state index in [-0.39, 0.29) is 11.6 Å². The molecule has 4 heteroatoms. The average molecular weight is 289 g/mol. The summed E-state index contributed by atoms with van der Waals surface area (Å²) in [7, 11) is 0. The van der Waals surface area contributed by atoms with Gasteiger partial charge in [-0.25, -0.2) is 4.39 Å². The maximum absolute atomic E-state index is 13.9. The second-order valence-electron chi connectivity index (χ2n) is 4.51. The van der Waals surface area contributed by atoms with Crippen molar-refractivity contribution in [2.45, 2.75) is 19.5 Å². The SMILES string of the molecule is C[C@@H](NCc1cccc(C#N)c1F)c1ccccc1Cl. The Kier molecular flexibility index (Phi) is 4.73. The molecule has 2 nitrogen and oxygen atoms in total. The summed E-state index contributed by atoms with van der Waals surface area (Å²) >= 11 is 6.12. The number of hydrogen-bond donors (Lipinski definition) is 1. The molecule has 0 aromatic heterocycles. The van der Waals surface area contributed by atoms with Crippen molar-refractivity contribution in [3.05, 3.63) is 70.0 Å². The Hall–Kier alpha value is -1.89. The van der Waals surface area contributed by atoms with Crippen molar-refractivity contribution < 1.29 is 4.39 Å². The zero-order chi connectivity index (χ0) is 14.5. The lowest BCUT2D eigenvalue weighted by Crippen LogP contribution is -2.19. The Balaban J connectivity index is 2.10. The molecule has 0 aliphatic carbocycles. The number of nitrogens with zero attached hydrogens (tertiary/aromatic N) is 1. The van der Waals surface area contributed by atoms with Gasteiger partial charge in [-0.2, -0.15) is 5.26 Å². The van der Waals surface area contributed by atoms with Gasteiger partial charge >= 0.3 is 0 Å². The highest BCUT2D eigenvalue weighted by molar-refractivity contribution is 6.31. The normalized spacial score (nSPS) is 11.9. The van der Waals surface area contributed by atoms with Gasteiger partial charge < -0.3 is 5.32 Å². The number of rotatable bonds is 4. The zero-order valence-corrected chi connectivity index (χ0v) is 11.8. The minimum absolute atomic E-state index is 0.00570. The van der Waals surface area contributed by atoms with E-state index in [1.165, 1.54) is 6.07 Å². The van der Waals surface area contributed by atoms with Gasteiger partial charge in [0.1, 0.15) is 11.9 Å². The van der Waals surface area contributed by atoms with Crippen LogP contribution >= 0.6 is 11.6 Å². The van der Waals surface area contributed by atoms with E-state index in [4.69, 9.17) is 16.9 Å². The lowest BCUT2D eigenvalue weighted by molar-refractivity contribution is 0.543. The fourth-order valence-electron chi connectivity index (χ4n) is 2.00. The highest BCUT2D eigenvalue weighted by Gasteiger charge is 2.11. The van der Waals surface area contributed by atoms with E-state index in [0.717, 1.165) is 5.56 Å². The van der Waals surface area contributed by atoms with Crippen molar-refractivity contribution in [1.29, 1.82) is 5.26 Å². The summed E-state index contributed by atoms with van der Waals surface area (Å²) in [6.07, 6.45) is 0. The Morgan fingerprint density at radius 1 is 1.25 bits per heavy atom. The molecule has 0 heterocycles. The molecule has 1 atom stereocenters. The molecule has 0 saturated carbocycles. The fourth-order valence-corrected chi connectivity index (χ4v) is 2.30. The zero-order valence-electron chi connectivity index (χ0n) is 11.0. The van der Waals surface area contributed by atoms with Gasteiger partial charge in [-0.3, -0.25) is 0 Å². The molecule has 2 aromatic rings. The number of halogens is 2. The maximum atomic E-state index is 13.9. The second-order valence-corrected chi connectivity index (χ2v) is 4.92. The lowest BCUT2D eigenvalue weighted by atomic mass is 10.1. The molecule has 0 aliphatic rings. The summed E-state index contributed by atoms with van der Waals surface area (Å²) < 4.78 is 13.9. The Morgan fingerprint density at radius 3 is 2.70 bits per heavy atom. The third kappa shape index (κ3) is 3.16. The van der Waals surface area contributed by atoms with E-state index in [9.17, 15) is 4.39 Å².